The zero-order chi connectivity index (χ0) is 21.1. The summed E-state index contributed by atoms with van der Waals surface area (Å²) in [6.07, 6.45) is 6.29. The van der Waals surface area contributed by atoms with Crippen LogP contribution in [0.15, 0.2) is 54.7 Å². The van der Waals surface area contributed by atoms with Crippen molar-refractivity contribution in [3.63, 3.8) is 0 Å². The molecule has 0 unspecified atom stereocenters. The summed E-state index contributed by atoms with van der Waals surface area (Å²) in [4.78, 5) is 17.0. The van der Waals surface area contributed by atoms with E-state index in [1.807, 2.05) is 19.3 Å². The third-order valence-corrected chi connectivity index (χ3v) is 5.88. The number of rotatable bonds is 5. The Hall–Kier alpha value is -2.99. The monoisotopic (exact) mass is 407 g/mol. The number of benzene rings is 2. The van der Waals surface area contributed by atoms with Crippen molar-refractivity contribution in [2.24, 2.45) is 0 Å². The second kappa shape index (κ2) is 8.40. The van der Waals surface area contributed by atoms with Gasteiger partial charge in [0.05, 0.1) is 23.0 Å². The van der Waals surface area contributed by atoms with Crippen molar-refractivity contribution < 1.29 is 13.9 Å². The molecule has 1 aliphatic rings. The van der Waals surface area contributed by atoms with Crippen molar-refractivity contribution in [3.8, 4) is 5.75 Å². The predicted molar refractivity (Wildman–Crippen MR) is 116 cm³/mol. The molecule has 0 spiro atoms. The van der Waals surface area contributed by atoms with E-state index < -0.39 is 5.97 Å². The van der Waals surface area contributed by atoms with Crippen molar-refractivity contribution in [2.75, 3.05) is 12.4 Å². The lowest BCUT2D eigenvalue weighted by Crippen LogP contribution is -2.43. The third kappa shape index (κ3) is 4.60. The Morgan fingerprint density at radius 3 is 2.57 bits per heavy atom. The SMILES string of the molecule is CNC1CCC(C)(Nc2cnc3ccc(C(=O)Oc4ccc(F)cc4)cc3c2)CC1. The molecule has 2 N–H and O–H groups in total. The first-order valence-electron chi connectivity index (χ1n) is 10.3. The van der Waals surface area contributed by atoms with Gasteiger partial charge in [0.15, 0.2) is 0 Å². The summed E-state index contributed by atoms with van der Waals surface area (Å²) in [6, 6.07) is 13.3. The summed E-state index contributed by atoms with van der Waals surface area (Å²) < 4.78 is 18.4. The van der Waals surface area contributed by atoms with E-state index in [0.29, 0.717) is 17.4 Å². The number of fused-ring (bicyclic) bond motifs is 1. The van der Waals surface area contributed by atoms with Crippen LogP contribution in [-0.2, 0) is 0 Å². The summed E-state index contributed by atoms with van der Waals surface area (Å²) in [5.74, 6) is -0.556. The van der Waals surface area contributed by atoms with Crippen molar-refractivity contribution >= 4 is 22.6 Å². The van der Waals surface area contributed by atoms with Crippen molar-refractivity contribution in [2.45, 2.75) is 44.2 Å². The van der Waals surface area contributed by atoms with Crippen LogP contribution in [0.5, 0.6) is 5.75 Å². The lowest BCUT2D eigenvalue weighted by Gasteiger charge is -2.38. The number of carbonyl (C=O) groups excluding carboxylic acids is 1. The van der Waals surface area contributed by atoms with Gasteiger partial charge < -0.3 is 15.4 Å². The largest absolute Gasteiger partial charge is 0.423 e. The number of hydrogen-bond acceptors (Lipinski definition) is 5. The molecule has 6 heteroatoms. The van der Waals surface area contributed by atoms with Gasteiger partial charge in [-0.25, -0.2) is 9.18 Å². The molecule has 1 aromatic heterocycles. The number of nitrogens with zero attached hydrogens (tertiary/aromatic N) is 1. The molecule has 1 fully saturated rings. The minimum Gasteiger partial charge on any atom is -0.423 e. The smallest absolute Gasteiger partial charge is 0.343 e. The number of pyridine rings is 1. The van der Waals surface area contributed by atoms with Crippen LogP contribution in [0.4, 0.5) is 10.1 Å². The number of anilines is 1. The summed E-state index contributed by atoms with van der Waals surface area (Å²) in [7, 11) is 2.02. The van der Waals surface area contributed by atoms with Crippen LogP contribution in [0.3, 0.4) is 0 Å². The summed E-state index contributed by atoms with van der Waals surface area (Å²) >= 11 is 0. The molecule has 4 rings (SSSR count). The van der Waals surface area contributed by atoms with Gasteiger partial charge in [0.1, 0.15) is 11.6 Å². The van der Waals surface area contributed by atoms with Crippen LogP contribution in [0.2, 0.25) is 0 Å². The van der Waals surface area contributed by atoms with Crippen LogP contribution in [0.25, 0.3) is 10.9 Å². The van der Waals surface area contributed by atoms with Gasteiger partial charge in [-0.15, -0.1) is 0 Å². The van der Waals surface area contributed by atoms with E-state index in [9.17, 15) is 9.18 Å². The molecule has 156 valence electrons. The van der Waals surface area contributed by atoms with E-state index in [1.54, 1.807) is 18.2 Å². The van der Waals surface area contributed by atoms with Gasteiger partial charge in [-0.05, 0) is 88.2 Å². The van der Waals surface area contributed by atoms with Crippen LogP contribution in [0.1, 0.15) is 43.0 Å². The third-order valence-electron chi connectivity index (χ3n) is 5.88. The van der Waals surface area contributed by atoms with Crippen LogP contribution in [-0.4, -0.2) is 29.6 Å². The minimum absolute atomic E-state index is 0.0296. The standard InChI is InChI=1S/C24H26FN3O2/c1-24(11-9-19(26-2)10-12-24)28-20-14-17-13-16(3-8-22(17)27-15-20)23(29)30-21-6-4-18(25)5-7-21/h3-8,13-15,19,26,28H,9-12H2,1-2H3. The number of aromatic nitrogens is 1. The highest BCUT2D eigenvalue weighted by molar-refractivity contribution is 5.96. The molecule has 1 aliphatic carbocycles. The number of ether oxygens (including phenoxy) is 1. The Bertz CT molecular complexity index is 1040. The molecule has 2 aromatic carbocycles. The van der Waals surface area contributed by atoms with Gasteiger partial charge in [0, 0.05) is 17.0 Å². The van der Waals surface area contributed by atoms with Gasteiger partial charge in [-0.3, -0.25) is 4.98 Å². The summed E-state index contributed by atoms with van der Waals surface area (Å²) in [6.45, 7) is 2.25. The second-order valence-electron chi connectivity index (χ2n) is 8.22. The lowest BCUT2D eigenvalue weighted by molar-refractivity contribution is 0.0734. The topological polar surface area (TPSA) is 63.2 Å². The summed E-state index contributed by atoms with van der Waals surface area (Å²) in [5, 5.41) is 7.87. The van der Waals surface area contributed by atoms with Crippen molar-refractivity contribution in [3.05, 3.63) is 66.1 Å². The fourth-order valence-corrected chi connectivity index (χ4v) is 4.01. The van der Waals surface area contributed by atoms with Gasteiger partial charge in [-0.1, -0.05) is 0 Å². The van der Waals surface area contributed by atoms with Crippen LogP contribution < -0.4 is 15.4 Å². The Morgan fingerprint density at radius 2 is 1.87 bits per heavy atom. The normalized spacial score (nSPS) is 21.4. The minimum atomic E-state index is -0.487. The molecular formula is C24H26FN3O2. The number of hydrogen-bond donors (Lipinski definition) is 2. The molecule has 0 radical (unpaired) electrons. The fraction of sp³-hybridized carbons (Fsp3) is 0.333. The number of halogens is 1. The first-order chi connectivity index (χ1) is 14.4. The molecule has 3 aromatic rings. The molecule has 30 heavy (non-hydrogen) atoms. The molecule has 5 nitrogen and oxygen atoms in total. The Morgan fingerprint density at radius 1 is 1.13 bits per heavy atom. The molecule has 1 saturated carbocycles. The summed E-state index contributed by atoms with van der Waals surface area (Å²) in [5.41, 5.74) is 2.20. The molecular weight excluding hydrogens is 381 g/mol. The quantitative estimate of drug-likeness (QED) is 0.464. The first kappa shape index (κ1) is 20.3. The lowest BCUT2D eigenvalue weighted by atomic mass is 9.80. The Balaban J connectivity index is 1.51. The molecule has 0 bridgehead atoms. The van der Waals surface area contributed by atoms with Crippen molar-refractivity contribution in [1.82, 2.24) is 10.3 Å². The van der Waals surface area contributed by atoms with E-state index in [4.69, 9.17) is 4.74 Å². The predicted octanol–water partition coefficient (Wildman–Crippen LogP) is 4.93. The van der Waals surface area contributed by atoms with Gasteiger partial charge >= 0.3 is 5.97 Å². The van der Waals surface area contributed by atoms with Gasteiger partial charge in [0.2, 0.25) is 0 Å². The zero-order valence-corrected chi connectivity index (χ0v) is 17.2. The first-order valence-corrected chi connectivity index (χ1v) is 10.3. The maximum atomic E-state index is 13.0. The number of carbonyl (C=O) groups is 1. The fourth-order valence-electron chi connectivity index (χ4n) is 4.01. The van der Waals surface area contributed by atoms with E-state index in [1.165, 1.54) is 24.3 Å². The van der Waals surface area contributed by atoms with Gasteiger partial charge in [-0.2, -0.15) is 0 Å². The molecule has 0 aliphatic heterocycles. The Labute approximate surface area is 175 Å². The van der Waals surface area contributed by atoms with E-state index >= 15 is 0 Å². The van der Waals surface area contributed by atoms with Crippen LogP contribution >= 0.6 is 0 Å². The maximum Gasteiger partial charge on any atom is 0.343 e. The number of esters is 1. The maximum absolute atomic E-state index is 13.0. The molecule has 0 saturated heterocycles. The Kier molecular flexibility index (Phi) is 5.68. The average molecular weight is 407 g/mol. The van der Waals surface area contributed by atoms with Crippen molar-refractivity contribution in [1.29, 1.82) is 0 Å². The van der Waals surface area contributed by atoms with E-state index in [-0.39, 0.29) is 11.4 Å². The highest BCUT2D eigenvalue weighted by Crippen LogP contribution is 2.32. The zero-order valence-electron chi connectivity index (χ0n) is 17.2. The average Bonchev–Trinajstić information content (AvgIpc) is 2.75. The highest BCUT2D eigenvalue weighted by atomic mass is 19.1. The second-order valence-corrected chi connectivity index (χ2v) is 8.22. The molecule has 0 atom stereocenters. The van der Waals surface area contributed by atoms with Gasteiger partial charge in [0.25, 0.3) is 0 Å². The number of nitrogens with one attached hydrogen (secondary N) is 2. The van der Waals surface area contributed by atoms with E-state index in [0.717, 1.165) is 42.3 Å². The molecule has 1 heterocycles. The molecule has 0 amide bonds. The highest BCUT2D eigenvalue weighted by Gasteiger charge is 2.30. The van der Waals surface area contributed by atoms with E-state index in [2.05, 4.69) is 22.5 Å². The van der Waals surface area contributed by atoms with Crippen LogP contribution in [0, 0.1) is 5.82 Å².